The molecule has 0 radical (unpaired) electrons. The van der Waals surface area contributed by atoms with Crippen LogP contribution < -0.4 is 5.32 Å². The van der Waals surface area contributed by atoms with Crippen molar-refractivity contribution in [3.63, 3.8) is 0 Å². The van der Waals surface area contributed by atoms with E-state index in [0.717, 1.165) is 25.2 Å². The molecule has 0 aliphatic rings. The smallest absolute Gasteiger partial charge is 0.165 e. The molecular weight excluding hydrogens is 286 g/mol. The van der Waals surface area contributed by atoms with E-state index in [9.17, 15) is 0 Å². The number of rotatable bonds is 9. The topological polar surface area (TPSA) is 55.6 Å². The van der Waals surface area contributed by atoms with Gasteiger partial charge in [-0.3, -0.25) is 0 Å². The molecule has 1 N–H and O–H groups in total. The van der Waals surface area contributed by atoms with Gasteiger partial charge in [0.25, 0.3) is 0 Å². The Bertz CT molecular complexity index is 573. The molecule has 0 aliphatic heterocycles. The Hall–Kier alpha value is -1.75. The van der Waals surface area contributed by atoms with Gasteiger partial charge in [0.15, 0.2) is 5.82 Å². The summed E-state index contributed by atoms with van der Waals surface area (Å²) in [6.07, 6.45) is 3.36. The molecule has 0 amide bonds. The Morgan fingerprint density at radius 2 is 1.83 bits per heavy atom. The zero-order valence-electron chi connectivity index (χ0n) is 14.8. The molecule has 0 bridgehead atoms. The SMILES string of the molecule is CCCc1ccc(C(NCc2nnnn2CCC)C(C)C)cc1. The van der Waals surface area contributed by atoms with Gasteiger partial charge in [-0.05, 0) is 40.3 Å². The van der Waals surface area contributed by atoms with Crippen LogP contribution in [0.5, 0.6) is 0 Å². The minimum absolute atomic E-state index is 0.303. The summed E-state index contributed by atoms with van der Waals surface area (Å²) in [5, 5.41) is 15.6. The maximum absolute atomic E-state index is 4.14. The first kappa shape index (κ1) is 17.6. The Morgan fingerprint density at radius 3 is 2.43 bits per heavy atom. The Kier molecular flexibility index (Phi) is 6.71. The Morgan fingerprint density at radius 1 is 1.09 bits per heavy atom. The molecule has 1 heterocycles. The molecule has 1 aromatic heterocycles. The monoisotopic (exact) mass is 315 g/mol. The van der Waals surface area contributed by atoms with Crippen molar-refractivity contribution in [1.82, 2.24) is 25.5 Å². The maximum atomic E-state index is 4.14. The zero-order chi connectivity index (χ0) is 16.7. The number of aryl methyl sites for hydroxylation is 2. The molecule has 1 atom stereocenters. The highest BCUT2D eigenvalue weighted by Crippen LogP contribution is 2.22. The molecule has 0 saturated heterocycles. The first-order valence-corrected chi connectivity index (χ1v) is 8.73. The summed E-state index contributed by atoms with van der Waals surface area (Å²) in [6, 6.07) is 9.29. The van der Waals surface area contributed by atoms with Gasteiger partial charge in [0.05, 0.1) is 6.54 Å². The molecule has 0 fully saturated rings. The summed E-state index contributed by atoms with van der Waals surface area (Å²) < 4.78 is 1.88. The molecule has 5 heteroatoms. The molecule has 1 unspecified atom stereocenters. The molecular formula is C18H29N5. The number of nitrogens with one attached hydrogen (secondary N) is 1. The van der Waals surface area contributed by atoms with Crippen LogP contribution in [0.1, 0.15) is 63.5 Å². The quantitative estimate of drug-likeness (QED) is 0.769. The largest absolute Gasteiger partial charge is 0.303 e. The van der Waals surface area contributed by atoms with Crippen molar-refractivity contribution in [2.45, 2.75) is 66.1 Å². The molecule has 0 aliphatic carbocycles. The van der Waals surface area contributed by atoms with Crippen LogP contribution >= 0.6 is 0 Å². The van der Waals surface area contributed by atoms with Crippen molar-refractivity contribution in [3.8, 4) is 0 Å². The zero-order valence-corrected chi connectivity index (χ0v) is 14.8. The van der Waals surface area contributed by atoms with Gasteiger partial charge in [-0.25, -0.2) is 4.68 Å². The summed E-state index contributed by atoms with van der Waals surface area (Å²) >= 11 is 0. The van der Waals surface area contributed by atoms with E-state index in [1.54, 1.807) is 0 Å². The normalized spacial score (nSPS) is 12.7. The lowest BCUT2D eigenvalue weighted by molar-refractivity contribution is 0.398. The van der Waals surface area contributed by atoms with Crippen molar-refractivity contribution >= 4 is 0 Å². The highest BCUT2D eigenvalue weighted by atomic mass is 15.5. The van der Waals surface area contributed by atoms with Gasteiger partial charge in [-0.15, -0.1) is 5.10 Å². The second-order valence-electron chi connectivity index (χ2n) is 6.41. The van der Waals surface area contributed by atoms with E-state index in [1.165, 1.54) is 17.5 Å². The van der Waals surface area contributed by atoms with Crippen LogP contribution in [0, 0.1) is 5.92 Å². The molecule has 1 aromatic carbocycles. The first-order valence-electron chi connectivity index (χ1n) is 8.73. The van der Waals surface area contributed by atoms with Crippen molar-refractivity contribution in [2.24, 2.45) is 5.92 Å². The van der Waals surface area contributed by atoms with Crippen LogP contribution in [0.4, 0.5) is 0 Å². The third-order valence-electron chi connectivity index (χ3n) is 4.07. The van der Waals surface area contributed by atoms with Crippen LogP contribution in [0.25, 0.3) is 0 Å². The molecule has 23 heavy (non-hydrogen) atoms. The van der Waals surface area contributed by atoms with Crippen LogP contribution in [-0.2, 0) is 19.5 Å². The van der Waals surface area contributed by atoms with E-state index >= 15 is 0 Å². The van der Waals surface area contributed by atoms with Crippen molar-refractivity contribution in [2.75, 3.05) is 0 Å². The maximum Gasteiger partial charge on any atom is 0.165 e. The predicted molar refractivity (Wildman–Crippen MR) is 93.0 cm³/mol. The molecule has 2 aromatic rings. The second-order valence-corrected chi connectivity index (χ2v) is 6.41. The number of nitrogens with zero attached hydrogens (tertiary/aromatic N) is 4. The van der Waals surface area contributed by atoms with Crippen LogP contribution in [0.2, 0.25) is 0 Å². The third kappa shape index (κ3) is 4.86. The van der Waals surface area contributed by atoms with E-state index in [1.807, 2.05) is 4.68 Å². The van der Waals surface area contributed by atoms with Gasteiger partial charge in [0.2, 0.25) is 0 Å². The molecule has 5 nitrogen and oxygen atoms in total. The Labute approximate surface area is 139 Å². The fourth-order valence-corrected chi connectivity index (χ4v) is 2.86. The lowest BCUT2D eigenvalue weighted by atomic mass is 9.94. The molecule has 0 saturated carbocycles. The van der Waals surface area contributed by atoms with Crippen LogP contribution in [0.3, 0.4) is 0 Å². The van der Waals surface area contributed by atoms with E-state index in [4.69, 9.17) is 0 Å². The summed E-state index contributed by atoms with van der Waals surface area (Å²) in [6.45, 7) is 10.4. The Balaban J connectivity index is 2.05. The fourth-order valence-electron chi connectivity index (χ4n) is 2.86. The third-order valence-corrected chi connectivity index (χ3v) is 4.07. The van der Waals surface area contributed by atoms with E-state index in [-0.39, 0.29) is 0 Å². The lowest BCUT2D eigenvalue weighted by Crippen LogP contribution is -2.27. The average molecular weight is 315 g/mol. The van der Waals surface area contributed by atoms with Crippen molar-refractivity contribution in [1.29, 1.82) is 0 Å². The summed E-state index contributed by atoms with van der Waals surface area (Å²) in [5.74, 6) is 1.41. The number of hydrogen-bond acceptors (Lipinski definition) is 4. The minimum atomic E-state index is 0.303. The number of hydrogen-bond donors (Lipinski definition) is 1. The van der Waals surface area contributed by atoms with Crippen molar-refractivity contribution < 1.29 is 0 Å². The van der Waals surface area contributed by atoms with E-state index < -0.39 is 0 Å². The van der Waals surface area contributed by atoms with E-state index in [0.29, 0.717) is 18.5 Å². The summed E-state index contributed by atoms with van der Waals surface area (Å²) in [7, 11) is 0. The van der Waals surface area contributed by atoms with Gasteiger partial charge >= 0.3 is 0 Å². The summed E-state index contributed by atoms with van der Waals surface area (Å²) in [4.78, 5) is 0. The van der Waals surface area contributed by atoms with Gasteiger partial charge in [0, 0.05) is 12.6 Å². The lowest BCUT2D eigenvalue weighted by Gasteiger charge is -2.23. The minimum Gasteiger partial charge on any atom is -0.303 e. The summed E-state index contributed by atoms with van der Waals surface area (Å²) in [5.41, 5.74) is 2.74. The average Bonchev–Trinajstić information content (AvgIpc) is 2.97. The molecule has 2 rings (SSSR count). The second kappa shape index (κ2) is 8.77. The predicted octanol–water partition coefficient (Wildman–Crippen LogP) is 3.52. The first-order chi connectivity index (χ1) is 11.2. The number of aromatic nitrogens is 4. The fraction of sp³-hybridized carbons (Fsp3) is 0.611. The highest BCUT2D eigenvalue weighted by Gasteiger charge is 2.16. The molecule has 0 spiro atoms. The van der Waals surface area contributed by atoms with Crippen LogP contribution in [-0.4, -0.2) is 20.2 Å². The molecule has 126 valence electrons. The standard InChI is InChI=1S/C18H29N5/c1-5-7-15-8-10-16(11-9-15)18(14(3)4)19-13-17-20-21-22-23(17)12-6-2/h8-11,14,18-19H,5-7,12-13H2,1-4H3. The highest BCUT2D eigenvalue weighted by molar-refractivity contribution is 5.25. The van der Waals surface area contributed by atoms with Crippen molar-refractivity contribution in [3.05, 3.63) is 41.2 Å². The van der Waals surface area contributed by atoms with Gasteiger partial charge < -0.3 is 5.32 Å². The van der Waals surface area contributed by atoms with Gasteiger partial charge in [-0.1, -0.05) is 58.4 Å². The number of tetrazole rings is 1. The van der Waals surface area contributed by atoms with Gasteiger partial charge in [0.1, 0.15) is 0 Å². The number of benzene rings is 1. The van der Waals surface area contributed by atoms with Gasteiger partial charge in [-0.2, -0.15) is 0 Å². The van der Waals surface area contributed by atoms with Crippen LogP contribution in [0.15, 0.2) is 24.3 Å². The van der Waals surface area contributed by atoms with E-state index in [2.05, 4.69) is 72.8 Å².